The van der Waals surface area contributed by atoms with E-state index in [0.29, 0.717) is 12.8 Å². The normalized spacial score (nSPS) is 53.5. The van der Waals surface area contributed by atoms with Crippen LogP contribution in [0.5, 0.6) is 0 Å². The van der Waals surface area contributed by atoms with E-state index < -0.39 is 221 Å². The van der Waals surface area contributed by atoms with Crippen LogP contribution in [-0.2, 0) is 52.2 Å². The first-order chi connectivity index (χ1) is 35.1. The molecule has 5 heterocycles. The molecule has 5 aliphatic heterocycles. The molecule has 8 rings (SSSR count). The SMILES string of the molecule is C[C@@H]1O[C@@H](OC[C@H]2O[C@@H](OC3CC4C(O)CC(O[C@@H]5O[C@H](COC(=O)C6CCC(O[C@@H]7O[C@H](CO)[C@@H](O)[C@H](O)[C@H]7O)CC6)[C@@H](O)[C@H](O)[C@H]5O)CC4OC3C3CC(O)C(O)C(O)C3)[C@H](O)[C@@H](O)[C@@H]2O)[C@H](O)[C@H](O)[C@H]1O. The molecule has 428 valence electrons. The van der Waals surface area contributed by atoms with Crippen LogP contribution in [0.4, 0.5) is 0 Å². The van der Waals surface area contributed by atoms with Gasteiger partial charge in [0.05, 0.1) is 74.1 Å². The number of aliphatic hydroxyl groups is 17. The molecule has 8 fully saturated rings. The second-order valence-corrected chi connectivity index (χ2v) is 21.3. The molecule has 5 saturated heterocycles. The molecule has 28 atom stereocenters. The van der Waals surface area contributed by atoms with Crippen LogP contribution in [0.2, 0.25) is 0 Å². The van der Waals surface area contributed by atoms with Gasteiger partial charge in [-0.05, 0) is 57.8 Å². The summed E-state index contributed by atoms with van der Waals surface area (Å²) in [5.41, 5.74) is 0. The highest BCUT2D eigenvalue weighted by Crippen LogP contribution is 2.45. The zero-order chi connectivity index (χ0) is 53.6. The van der Waals surface area contributed by atoms with Gasteiger partial charge in [0.25, 0.3) is 0 Å². The lowest BCUT2D eigenvalue weighted by Gasteiger charge is -2.52. The van der Waals surface area contributed by atoms with Crippen LogP contribution >= 0.6 is 0 Å². The van der Waals surface area contributed by atoms with Gasteiger partial charge >= 0.3 is 5.97 Å². The van der Waals surface area contributed by atoms with Crippen molar-refractivity contribution < 1.29 is 139 Å². The predicted octanol–water partition coefficient (Wildman–Crippen LogP) is -8.44. The lowest BCUT2D eigenvalue weighted by molar-refractivity contribution is -0.348. The van der Waals surface area contributed by atoms with E-state index in [1.165, 1.54) is 6.92 Å². The van der Waals surface area contributed by atoms with E-state index in [9.17, 15) is 91.6 Å². The molecule has 3 saturated carbocycles. The topological polar surface area (TPSA) is 453 Å². The Kier molecular flexibility index (Phi) is 19.7. The molecule has 0 bridgehead atoms. The summed E-state index contributed by atoms with van der Waals surface area (Å²) in [6, 6.07) is 0. The maximum Gasteiger partial charge on any atom is 0.309 e. The highest BCUT2D eigenvalue weighted by Gasteiger charge is 2.55. The standard InChI is InChI=1S/C46H76O28/c1-14-28(51)33(56)37(60)43(67-14)66-13-27-32(55)36(59)40(63)46(74-27)71-24-10-19-20(48)8-18(9-23(19)70-41(24)16-6-21(49)29(52)22(50)7-16)69-45-39(62)35(58)31(54)26(73-45)12-65-42(64)15-2-4-17(5-3-15)68-44-38(61)34(57)30(53)25(11-47)72-44/h14-41,43-63H,2-13H2,1H3/t14-,15?,16?,17?,18?,19?,20?,21?,22?,23?,24?,25+,26+,27+,28-,29?,30+,31+,32+,33+,34-,35-,36-,37+,38+,39+,40+,41?,43+,44+,45+,46+/m0/s1. The first-order valence-electron chi connectivity index (χ1n) is 25.6. The average molecular weight is 1080 g/mol. The van der Waals surface area contributed by atoms with E-state index in [4.69, 9.17) is 47.4 Å². The first kappa shape index (κ1) is 58.6. The molecular formula is C46H76O28. The summed E-state index contributed by atoms with van der Waals surface area (Å²) < 4.78 is 58.7. The van der Waals surface area contributed by atoms with Crippen LogP contribution in [0.15, 0.2) is 0 Å². The fourth-order valence-corrected chi connectivity index (χ4v) is 11.7. The summed E-state index contributed by atoms with van der Waals surface area (Å²) in [5.74, 6) is -2.71. The molecule has 17 N–H and O–H groups in total. The van der Waals surface area contributed by atoms with Crippen LogP contribution in [0.1, 0.15) is 64.7 Å². The monoisotopic (exact) mass is 1080 g/mol. The second-order valence-electron chi connectivity index (χ2n) is 21.3. The zero-order valence-corrected chi connectivity index (χ0v) is 40.6. The third-order valence-corrected chi connectivity index (χ3v) is 16.3. The molecule has 0 amide bonds. The molecule has 8 aliphatic rings. The average Bonchev–Trinajstić information content (AvgIpc) is 3.38. The minimum atomic E-state index is -1.87. The predicted molar refractivity (Wildman–Crippen MR) is 236 cm³/mol. The minimum Gasteiger partial charge on any atom is -0.463 e. The number of esters is 1. The first-order valence-corrected chi connectivity index (χ1v) is 25.6. The van der Waals surface area contributed by atoms with Crippen molar-refractivity contribution in [2.24, 2.45) is 17.8 Å². The number of hydrogen-bond acceptors (Lipinski definition) is 28. The molecule has 0 aromatic rings. The van der Waals surface area contributed by atoms with Gasteiger partial charge in [0.15, 0.2) is 25.2 Å². The van der Waals surface area contributed by atoms with E-state index in [1.807, 2.05) is 0 Å². The second kappa shape index (κ2) is 24.8. The highest BCUT2D eigenvalue weighted by atomic mass is 16.7. The summed E-state index contributed by atoms with van der Waals surface area (Å²) in [4.78, 5) is 13.2. The van der Waals surface area contributed by atoms with Gasteiger partial charge in [-0.3, -0.25) is 4.79 Å². The number of fused-ring (bicyclic) bond motifs is 1. The van der Waals surface area contributed by atoms with E-state index in [1.54, 1.807) is 0 Å². The third-order valence-electron chi connectivity index (χ3n) is 16.3. The molecule has 28 nitrogen and oxygen atoms in total. The molecule has 0 radical (unpaired) electrons. The number of carbonyl (C=O) groups excluding carboxylic acids is 1. The summed E-state index contributed by atoms with van der Waals surface area (Å²) in [6.07, 6.45) is -40.4. The Morgan fingerprint density at radius 1 is 0.459 bits per heavy atom. The Labute approximate surface area is 424 Å². The Balaban J connectivity index is 0.873. The molecule has 8 unspecified atom stereocenters. The Hall–Kier alpha value is -1.57. The summed E-state index contributed by atoms with van der Waals surface area (Å²) in [7, 11) is 0. The Bertz CT molecular complexity index is 1770. The fraction of sp³-hybridized carbons (Fsp3) is 0.978. The fourth-order valence-electron chi connectivity index (χ4n) is 11.7. The van der Waals surface area contributed by atoms with E-state index in [0.717, 1.165) is 0 Å². The van der Waals surface area contributed by atoms with Gasteiger partial charge < -0.3 is 134 Å². The quantitative estimate of drug-likeness (QED) is 0.0718. The summed E-state index contributed by atoms with van der Waals surface area (Å²) in [6.45, 7) is -0.323. The van der Waals surface area contributed by atoms with Crippen LogP contribution in [0.3, 0.4) is 0 Å². The summed E-state index contributed by atoms with van der Waals surface area (Å²) in [5, 5.41) is 180. The van der Waals surface area contributed by atoms with Gasteiger partial charge in [0, 0.05) is 18.8 Å². The number of aliphatic hydroxyl groups excluding tert-OH is 17. The van der Waals surface area contributed by atoms with E-state index >= 15 is 0 Å². The number of ether oxygens (including phenoxy) is 10. The molecule has 0 aromatic heterocycles. The molecule has 0 spiro atoms. The van der Waals surface area contributed by atoms with Crippen LogP contribution in [-0.4, -0.2) is 290 Å². The molecule has 0 aromatic carbocycles. The maximum atomic E-state index is 13.2. The Morgan fingerprint density at radius 3 is 1.54 bits per heavy atom. The van der Waals surface area contributed by atoms with Gasteiger partial charge in [-0.15, -0.1) is 0 Å². The van der Waals surface area contributed by atoms with Crippen molar-refractivity contribution in [3.8, 4) is 0 Å². The van der Waals surface area contributed by atoms with Crippen molar-refractivity contribution >= 4 is 5.97 Å². The maximum absolute atomic E-state index is 13.2. The van der Waals surface area contributed by atoms with Gasteiger partial charge in [0.2, 0.25) is 0 Å². The van der Waals surface area contributed by atoms with Crippen LogP contribution in [0, 0.1) is 17.8 Å². The lowest BCUT2D eigenvalue weighted by atomic mass is 9.72. The van der Waals surface area contributed by atoms with E-state index in [2.05, 4.69) is 0 Å². The molecular weight excluding hydrogens is 1000 g/mol. The molecule has 28 heteroatoms. The van der Waals surface area contributed by atoms with E-state index in [-0.39, 0.29) is 44.9 Å². The van der Waals surface area contributed by atoms with Gasteiger partial charge in [-0.1, -0.05) is 0 Å². The summed E-state index contributed by atoms with van der Waals surface area (Å²) >= 11 is 0. The van der Waals surface area contributed by atoms with Gasteiger partial charge in [0.1, 0.15) is 104 Å². The van der Waals surface area contributed by atoms with Crippen molar-refractivity contribution in [2.75, 3.05) is 19.8 Å². The number of rotatable bonds is 14. The molecule has 74 heavy (non-hydrogen) atoms. The molecule has 3 aliphatic carbocycles. The van der Waals surface area contributed by atoms with Crippen molar-refractivity contribution in [1.82, 2.24) is 0 Å². The van der Waals surface area contributed by atoms with Gasteiger partial charge in [-0.25, -0.2) is 0 Å². The Morgan fingerprint density at radius 2 is 0.959 bits per heavy atom. The minimum absolute atomic E-state index is 0.00506. The number of carbonyl (C=O) groups is 1. The van der Waals surface area contributed by atoms with Crippen molar-refractivity contribution in [1.29, 1.82) is 0 Å². The van der Waals surface area contributed by atoms with Gasteiger partial charge in [-0.2, -0.15) is 0 Å². The van der Waals surface area contributed by atoms with Crippen molar-refractivity contribution in [3.05, 3.63) is 0 Å². The van der Waals surface area contributed by atoms with Crippen LogP contribution in [0.25, 0.3) is 0 Å². The number of hydrogen-bond donors (Lipinski definition) is 17. The van der Waals surface area contributed by atoms with Crippen LogP contribution < -0.4 is 0 Å². The smallest absolute Gasteiger partial charge is 0.309 e. The van der Waals surface area contributed by atoms with Crippen molar-refractivity contribution in [2.45, 2.75) is 242 Å². The third kappa shape index (κ3) is 12.6. The zero-order valence-electron chi connectivity index (χ0n) is 40.6. The van der Waals surface area contributed by atoms with Crippen molar-refractivity contribution in [3.63, 3.8) is 0 Å². The lowest BCUT2D eigenvalue weighted by Crippen LogP contribution is -2.63. The highest BCUT2D eigenvalue weighted by molar-refractivity contribution is 5.72. The largest absolute Gasteiger partial charge is 0.463 e.